The summed E-state index contributed by atoms with van der Waals surface area (Å²) in [6.07, 6.45) is 0. The van der Waals surface area contributed by atoms with Gasteiger partial charge >= 0.3 is 0 Å². The van der Waals surface area contributed by atoms with E-state index in [4.69, 9.17) is 0 Å². The van der Waals surface area contributed by atoms with Crippen LogP contribution in [0.4, 0.5) is 0 Å². The number of thioether (sulfide) groups is 1. The molecule has 1 aliphatic rings. The fraction of sp³-hybridized carbons (Fsp3) is 0. The molecule has 0 N–H and O–H groups in total. The second kappa shape index (κ2) is 4.36. The average molecular weight is 243 g/mol. The average Bonchev–Trinajstić information content (AvgIpc) is 2.39. The van der Waals surface area contributed by atoms with Crippen molar-refractivity contribution >= 4 is 28.8 Å². The van der Waals surface area contributed by atoms with Gasteiger partial charge in [0.1, 0.15) is 5.04 Å². The predicted octanol–water partition coefficient (Wildman–Crippen LogP) is 4.25. The Hall–Kier alpha value is -1.19. The van der Waals surface area contributed by atoms with E-state index in [0.29, 0.717) is 0 Å². The van der Waals surface area contributed by atoms with Gasteiger partial charge in [0.15, 0.2) is 0 Å². The van der Waals surface area contributed by atoms with Crippen LogP contribution in [0.5, 0.6) is 0 Å². The zero-order valence-electron chi connectivity index (χ0n) is 8.46. The van der Waals surface area contributed by atoms with E-state index in [1.807, 2.05) is 18.2 Å². The Labute approximate surface area is 103 Å². The molecular weight excluding hydrogens is 234 g/mol. The zero-order chi connectivity index (χ0) is 10.8. The van der Waals surface area contributed by atoms with Gasteiger partial charge < -0.3 is 0 Å². The van der Waals surface area contributed by atoms with Gasteiger partial charge in [-0.1, -0.05) is 54.2 Å². The number of benzene rings is 2. The molecule has 0 unspecified atom stereocenters. The van der Waals surface area contributed by atoms with Crippen LogP contribution >= 0.6 is 23.7 Å². The predicted molar refractivity (Wildman–Crippen MR) is 71.1 cm³/mol. The molecule has 0 bridgehead atoms. The summed E-state index contributed by atoms with van der Waals surface area (Å²) >= 11 is 3.30. The second-order valence-electron chi connectivity index (χ2n) is 3.40. The van der Waals surface area contributed by atoms with Crippen LogP contribution < -0.4 is 0 Å². The van der Waals surface area contributed by atoms with Crippen LogP contribution in [0.15, 0.2) is 68.8 Å². The Morgan fingerprint density at radius 2 is 1.44 bits per heavy atom. The van der Waals surface area contributed by atoms with Gasteiger partial charge in [0.25, 0.3) is 0 Å². The second-order valence-corrected chi connectivity index (χ2v) is 5.24. The topological polar surface area (TPSA) is 12.4 Å². The minimum atomic E-state index is 1.09. The minimum absolute atomic E-state index is 1.09. The van der Waals surface area contributed by atoms with E-state index in [0.717, 1.165) is 5.04 Å². The third kappa shape index (κ3) is 1.88. The summed E-state index contributed by atoms with van der Waals surface area (Å²) in [5, 5.41) is 1.09. The molecule has 0 saturated heterocycles. The zero-order valence-corrected chi connectivity index (χ0v) is 10.1. The molecule has 1 nitrogen and oxygen atoms in total. The first-order valence-corrected chi connectivity index (χ1v) is 6.60. The highest BCUT2D eigenvalue weighted by molar-refractivity contribution is 8.16. The molecule has 0 amide bonds. The monoisotopic (exact) mass is 243 g/mol. The van der Waals surface area contributed by atoms with E-state index < -0.39 is 0 Å². The lowest BCUT2D eigenvalue weighted by Gasteiger charge is -2.13. The maximum Gasteiger partial charge on any atom is 0.117 e. The van der Waals surface area contributed by atoms with E-state index in [9.17, 15) is 0 Å². The molecule has 0 radical (unpaired) electrons. The van der Waals surface area contributed by atoms with Crippen LogP contribution in [-0.2, 0) is 0 Å². The van der Waals surface area contributed by atoms with Crippen LogP contribution in [-0.4, -0.2) is 5.04 Å². The molecule has 78 valence electrons. The smallest absolute Gasteiger partial charge is 0.117 e. The summed E-state index contributed by atoms with van der Waals surface area (Å²) in [6, 6.07) is 18.7. The fourth-order valence-electron chi connectivity index (χ4n) is 1.52. The maximum atomic E-state index is 4.54. The van der Waals surface area contributed by atoms with Gasteiger partial charge in [-0.3, -0.25) is 0 Å². The van der Waals surface area contributed by atoms with Crippen LogP contribution in [0.2, 0.25) is 0 Å². The molecule has 0 aliphatic carbocycles. The Morgan fingerprint density at radius 3 is 2.25 bits per heavy atom. The Bertz CT molecular complexity index is 535. The van der Waals surface area contributed by atoms with Crippen molar-refractivity contribution in [3.05, 3.63) is 60.2 Å². The van der Waals surface area contributed by atoms with Crippen LogP contribution in [0.25, 0.3) is 0 Å². The Morgan fingerprint density at radius 1 is 0.750 bits per heavy atom. The van der Waals surface area contributed by atoms with Gasteiger partial charge in [-0.25, -0.2) is 4.40 Å². The molecule has 0 aromatic heterocycles. The van der Waals surface area contributed by atoms with Crippen LogP contribution in [0.3, 0.4) is 0 Å². The fourth-order valence-corrected chi connectivity index (χ4v) is 3.37. The van der Waals surface area contributed by atoms with Gasteiger partial charge in [0.2, 0.25) is 0 Å². The highest BCUT2D eigenvalue weighted by Crippen LogP contribution is 2.39. The van der Waals surface area contributed by atoms with Crippen molar-refractivity contribution in [1.29, 1.82) is 0 Å². The molecule has 3 heteroatoms. The lowest BCUT2D eigenvalue weighted by Crippen LogP contribution is -1.98. The largest absolute Gasteiger partial charge is 0.204 e. The molecule has 16 heavy (non-hydrogen) atoms. The quantitative estimate of drug-likeness (QED) is 0.694. The van der Waals surface area contributed by atoms with E-state index in [1.165, 1.54) is 15.4 Å². The van der Waals surface area contributed by atoms with E-state index >= 15 is 0 Å². The SMILES string of the molecule is c1ccc(C2=NSc3ccccc3S2)cc1. The van der Waals surface area contributed by atoms with Crippen LogP contribution in [0, 0.1) is 0 Å². The molecule has 1 heterocycles. The lowest BCUT2D eigenvalue weighted by atomic mass is 10.2. The lowest BCUT2D eigenvalue weighted by molar-refractivity contribution is 1.25. The van der Waals surface area contributed by atoms with Crippen molar-refractivity contribution in [2.24, 2.45) is 4.40 Å². The van der Waals surface area contributed by atoms with E-state index in [-0.39, 0.29) is 0 Å². The van der Waals surface area contributed by atoms with E-state index in [1.54, 1.807) is 23.7 Å². The van der Waals surface area contributed by atoms with Gasteiger partial charge in [0.05, 0.1) is 0 Å². The molecule has 1 aliphatic heterocycles. The summed E-state index contributed by atoms with van der Waals surface area (Å²) in [4.78, 5) is 2.54. The number of fused-ring (bicyclic) bond motifs is 1. The van der Waals surface area contributed by atoms with Crippen LogP contribution in [0.1, 0.15) is 5.56 Å². The first-order valence-electron chi connectivity index (χ1n) is 5.01. The summed E-state index contributed by atoms with van der Waals surface area (Å²) in [5.41, 5.74) is 1.19. The third-order valence-corrected chi connectivity index (χ3v) is 4.47. The standard InChI is InChI=1S/C13H9NS2/c1-2-6-10(7-3-1)13-14-16-12-9-5-4-8-11(12)15-13/h1-9H. The highest BCUT2D eigenvalue weighted by Gasteiger charge is 2.14. The number of nitrogens with zero attached hydrogens (tertiary/aromatic N) is 1. The molecule has 0 atom stereocenters. The summed E-state index contributed by atoms with van der Waals surface area (Å²) < 4.78 is 4.54. The Kier molecular flexibility index (Phi) is 2.72. The highest BCUT2D eigenvalue weighted by atomic mass is 32.2. The normalized spacial score (nSPS) is 14.1. The maximum absolute atomic E-state index is 4.54. The number of hydrogen-bond donors (Lipinski definition) is 0. The first-order chi connectivity index (χ1) is 7.93. The van der Waals surface area contributed by atoms with Gasteiger partial charge in [0, 0.05) is 27.3 Å². The van der Waals surface area contributed by atoms with Crippen molar-refractivity contribution in [1.82, 2.24) is 0 Å². The summed E-state index contributed by atoms with van der Waals surface area (Å²) in [5.74, 6) is 0. The van der Waals surface area contributed by atoms with Crippen molar-refractivity contribution < 1.29 is 0 Å². The Balaban J connectivity index is 1.95. The molecule has 0 fully saturated rings. The molecular formula is C13H9NS2. The number of hydrogen-bond acceptors (Lipinski definition) is 3. The molecule has 2 aromatic carbocycles. The minimum Gasteiger partial charge on any atom is -0.204 e. The molecule has 0 spiro atoms. The van der Waals surface area contributed by atoms with Crippen molar-refractivity contribution in [2.75, 3.05) is 0 Å². The van der Waals surface area contributed by atoms with Gasteiger partial charge in [-0.05, 0) is 12.1 Å². The summed E-state index contributed by atoms with van der Waals surface area (Å²) in [6.45, 7) is 0. The van der Waals surface area contributed by atoms with E-state index in [2.05, 4.69) is 40.8 Å². The van der Waals surface area contributed by atoms with Gasteiger partial charge in [-0.15, -0.1) is 0 Å². The van der Waals surface area contributed by atoms with Crippen molar-refractivity contribution in [2.45, 2.75) is 9.79 Å². The molecule has 0 saturated carbocycles. The number of rotatable bonds is 1. The molecule has 3 rings (SSSR count). The molecule has 2 aromatic rings. The van der Waals surface area contributed by atoms with Crippen molar-refractivity contribution in [3.63, 3.8) is 0 Å². The first kappa shape index (κ1) is 10.00. The third-order valence-electron chi connectivity index (χ3n) is 2.30. The van der Waals surface area contributed by atoms with Crippen molar-refractivity contribution in [3.8, 4) is 0 Å². The summed E-state index contributed by atoms with van der Waals surface area (Å²) in [7, 11) is 0. The van der Waals surface area contributed by atoms with Gasteiger partial charge in [-0.2, -0.15) is 0 Å².